The van der Waals surface area contributed by atoms with E-state index in [0.29, 0.717) is 5.56 Å². The molecule has 0 N–H and O–H groups in total. The summed E-state index contributed by atoms with van der Waals surface area (Å²) in [5.74, 6) is -0.266. The van der Waals surface area contributed by atoms with Crippen LogP contribution in [0.15, 0.2) is 29.4 Å². The molecule has 0 aliphatic rings. The van der Waals surface area contributed by atoms with E-state index in [1.54, 1.807) is 12.1 Å². The fourth-order valence-electron chi connectivity index (χ4n) is 0.857. The SMILES string of the molecule is CCC(C)ON=Cc1cccc(F)c1. The molecule has 14 heavy (non-hydrogen) atoms. The lowest BCUT2D eigenvalue weighted by Crippen LogP contribution is -2.01. The Balaban J connectivity index is 2.51. The number of halogens is 1. The molecule has 1 unspecified atom stereocenters. The standard InChI is InChI=1S/C11H14FNO/c1-3-9(2)14-13-8-10-5-4-6-11(12)7-10/h4-9H,3H2,1-2H3. The molecule has 2 nitrogen and oxygen atoms in total. The number of hydrogen-bond acceptors (Lipinski definition) is 2. The van der Waals surface area contributed by atoms with Crippen LogP contribution in [0.3, 0.4) is 0 Å². The van der Waals surface area contributed by atoms with E-state index in [1.807, 2.05) is 13.8 Å². The lowest BCUT2D eigenvalue weighted by Gasteiger charge is -2.04. The third-order valence-electron chi connectivity index (χ3n) is 1.87. The first kappa shape index (κ1) is 10.7. The van der Waals surface area contributed by atoms with Crippen molar-refractivity contribution in [3.05, 3.63) is 35.6 Å². The Labute approximate surface area is 83.4 Å². The van der Waals surface area contributed by atoms with Crippen molar-refractivity contribution in [3.8, 4) is 0 Å². The smallest absolute Gasteiger partial charge is 0.124 e. The molecular weight excluding hydrogens is 181 g/mol. The Kier molecular flexibility index (Phi) is 4.11. The normalized spacial score (nSPS) is 13.1. The summed E-state index contributed by atoms with van der Waals surface area (Å²) in [5.41, 5.74) is 0.702. The fraction of sp³-hybridized carbons (Fsp3) is 0.364. The van der Waals surface area contributed by atoms with Crippen LogP contribution < -0.4 is 0 Å². The van der Waals surface area contributed by atoms with Gasteiger partial charge < -0.3 is 4.84 Å². The second-order valence-corrected chi connectivity index (χ2v) is 3.11. The zero-order valence-electron chi connectivity index (χ0n) is 8.40. The Bertz CT molecular complexity index is 312. The van der Waals surface area contributed by atoms with Crippen molar-refractivity contribution in [2.75, 3.05) is 0 Å². The van der Waals surface area contributed by atoms with Crippen LogP contribution in [0.1, 0.15) is 25.8 Å². The second-order valence-electron chi connectivity index (χ2n) is 3.11. The third kappa shape index (κ3) is 3.56. The van der Waals surface area contributed by atoms with Crippen LogP contribution >= 0.6 is 0 Å². The number of oxime groups is 1. The van der Waals surface area contributed by atoms with Crippen LogP contribution in [0.25, 0.3) is 0 Å². The van der Waals surface area contributed by atoms with Crippen molar-refractivity contribution < 1.29 is 9.23 Å². The van der Waals surface area contributed by atoms with E-state index >= 15 is 0 Å². The van der Waals surface area contributed by atoms with Crippen molar-refractivity contribution in [1.29, 1.82) is 0 Å². The van der Waals surface area contributed by atoms with Crippen molar-refractivity contribution in [1.82, 2.24) is 0 Å². The van der Waals surface area contributed by atoms with Crippen LogP contribution in [0.5, 0.6) is 0 Å². The van der Waals surface area contributed by atoms with Gasteiger partial charge in [0, 0.05) is 0 Å². The highest BCUT2D eigenvalue weighted by Crippen LogP contribution is 2.01. The Morgan fingerprint density at radius 3 is 3.00 bits per heavy atom. The summed E-state index contributed by atoms with van der Waals surface area (Å²) in [4.78, 5) is 5.08. The van der Waals surface area contributed by atoms with Crippen molar-refractivity contribution in [2.45, 2.75) is 26.4 Å². The van der Waals surface area contributed by atoms with Gasteiger partial charge >= 0.3 is 0 Å². The van der Waals surface area contributed by atoms with E-state index in [1.165, 1.54) is 18.3 Å². The number of rotatable bonds is 4. The summed E-state index contributed by atoms with van der Waals surface area (Å²) in [6, 6.07) is 6.21. The molecule has 1 atom stereocenters. The lowest BCUT2D eigenvalue weighted by molar-refractivity contribution is 0.0712. The molecule has 0 aliphatic carbocycles. The lowest BCUT2D eigenvalue weighted by atomic mass is 10.2. The molecule has 0 saturated carbocycles. The minimum atomic E-state index is -0.266. The van der Waals surface area contributed by atoms with E-state index in [-0.39, 0.29) is 11.9 Å². The monoisotopic (exact) mass is 195 g/mol. The minimum Gasteiger partial charge on any atom is -0.393 e. The summed E-state index contributed by atoms with van der Waals surface area (Å²) in [7, 11) is 0. The van der Waals surface area contributed by atoms with Gasteiger partial charge in [0.1, 0.15) is 11.9 Å². The van der Waals surface area contributed by atoms with E-state index in [2.05, 4.69) is 5.16 Å². The van der Waals surface area contributed by atoms with Gasteiger partial charge in [0.25, 0.3) is 0 Å². The molecule has 0 amide bonds. The highest BCUT2D eigenvalue weighted by molar-refractivity contribution is 5.78. The van der Waals surface area contributed by atoms with Gasteiger partial charge in [-0.25, -0.2) is 4.39 Å². The maximum Gasteiger partial charge on any atom is 0.124 e. The van der Waals surface area contributed by atoms with Gasteiger partial charge in [-0.15, -0.1) is 0 Å². The maximum atomic E-state index is 12.7. The van der Waals surface area contributed by atoms with Gasteiger partial charge in [0.15, 0.2) is 0 Å². The van der Waals surface area contributed by atoms with Gasteiger partial charge in [-0.05, 0) is 31.0 Å². The van der Waals surface area contributed by atoms with Crippen LogP contribution in [-0.4, -0.2) is 12.3 Å². The van der Waals surface area contributed by atoms with E-state index in [4.69, 9.17) is 4.84 Å². The van der Waals surface area contributed by atoms with Gasteiger partial charge in [-0.3, -0.25) is 0 Å². The topological polar surface area (TPSA) is 21.6 Å². The molecule has 0 fully saturated rings. The Hall–Kier alpha value is -1.38. The van der Waals surface area contributed by atoms with Crippen molar-refractivity contribution in [2.24, 2.45) is 5.16 Å². The fourth-order valence-corrected chi connectivity index (χ4v) is 0.857. The minimum absolute atomic E-state index is 0.0970. The van der Waals surface area contributed by atoms with E-state index < -0.39 is 0 Å². The molecule has 3 heteroatoms. The molecule has 0 spiro atoms. The predicted molar refractivity (Wildman–Crippen MR) is 54.8 cm³/mol. The molecule has 1 rings (SSSR count). The first-order chi connectivity index (χ1) is 6.72. The summed E-state index contributed by atoms with van der Waals surface area (Å²) < 4.78 is 12.7. The van der Waals surface area contributed by atoms with Crippen molar-refractivity contribution >= 4 is 6.21 Å². The molecule has 0 bridgehead atoms. The zero-order chi connectivity index (χ0) is 10.4. The molecule has 0 radical (unpaired) electrons. The average Bonchev–Trinajstić information content (AvgIpc) is 2.17. The maximum absolute atomic E-state index is 12.7. The summed E-state index contributed by atoms with van der Waals surface area (Å²) in [5, 5.41) is 3.76. The Morgan fingerprint density at radius 1 is 1.57 bits per heavy atom. The number of benzene rings is 1. The van der Waals surface area contributed by atoms with Gasteiger partial charge in [0.05, 0.1) is 6.21 Å². The molecule has 0 heterocycles. The van der Waals surface area contributed by atoms with Gasteiger partial charge in [-0.2, -0.15) is 0 Å². The first-order valence-electron chi connectivity index (χ1n) is 4.67. The molecule has 0 aromatic heterocycles. The predicted octanol–water partition coefficient (Wildman–Crippen LogP) is 2.97. The van der Waals surface area contributed by atoms with Crippen LogP contribution in [0, 0.1) is 5.82 Å². The van der Waals surface area contributed by atoms with Crippen LogP contribution in [-0.2, 0) is 4.84 Å². The first-order valence-corrected chi connectivity index (χ1v) is 4.67. The highest BCUT2D eigenvalue weighted by atomic mass is 19.1. The number of hydrogen-bond donors (Lipinski definition) is 0. The van der Waals surface area contributed by atoms with Crippen LogP contribution in [0.4, 0.5) is 4.39 Å². The number of nitrogens with zero attached hydrogens (tertiary/aromatic N) is 1. The van der Waals surface area contributed by atoms with E-state index in [9.17, 15) is 4.39 Å². The summed E-state index contributed by atoms with van der Waals surface area (Å²) in [6.07, 6.45) is 2.51. The molecule has 1 aromatic rings. The molecule has 1 aromatic carbocycles. The average molecular weight is 195 g/mol. The highest BCUT2D eigenvalue weighted by Gasteiger charge is 1.95. The molecule has 0 saturated heterocycles. The molecule has 0 aliphatic heterocycles. The van der Waals surface area contributed by atoms with E-state index in [0.717, 1.165) is 6.42 Å². The second kappa shape index (κ2) is 5.37. The van der Waals surface area contributed by atoms with Crippen LogP contribution in [0.2, 0.25) is 0 Å². The summed E-state index contributed by atoms with van der Waals surface area (Å²) in [6.45, 7) is 3.95. The zero-order valence-corrected chi connectivity index (χ0v) is 8.40. The molecule has 76 valence electrons. The van der Waals surface area contributed by atoms with Gasteiger partial charge in [-0.1, -0.05) is 24.2 Å². The third-order valence-corrected chi connectivity index (χ3v) is 1.87. The summed E-state index contributed by atoms with van der Waals surface area (Å²) >= 11 is 0. The molecular formula is C11H14FNO. The van der Waals surface area contributed by atoms with Crippen molar-refractivity contribution in [3.63, 3.8) is 0 Å². The Morgan fingerprint density at radius 2 is 2.36 bits per heavy atom. The van der Waals surface area contributed by atoms with Gasteiger partial charge in [0.2, 0.25) is 0 Å². The quantitative estimate of drug-likeness (QED) is 0.534. The largest absolute Gasteiger partial charge is 0.393 e.